The van der Waals surface area contributed by atoms with E-state index in [1.807, 2.05) is 0 Å². The molecule has 1 amide bonds. The molecule has 2 rings (SSSR count). The van der Waals surface area contributed by atoms with Gasteiger partial charge in [-0.05, 0) is 12.1 Å². The van der Waals surface area contributed by atoms with E-state index in [0.29, 0.717) is 11.4 Å². The number of nitrogens with two attached hydrogens (primary N) is 2. The zero-order valence-electron chi connectivity index (χ0n) is 11.2. The molecule has 5 N–H and O–H groups in total. The van der Waals surface area contributed by atoms with Crippen LogP contribution in [0, 0.1) is 10.1 Å². The van der Waals surface area contributed by atoms with E-state index in [4.69, 9.17) is 11.5 Å². The molecular formula is C12H14N6O3. The van der Waals surface area contributed by atoms with Gasteiger partial charge in [0.25, 0.3) is 5.69 Å². The molecule has 2 aromatic rings. The van der Waals surface area contributed by atoms with Gasteiger partial charge in [0.1, 0.15) is 11.5 Å². The molecule has 0 radical (unpaired) electrons. The Morgan fingerprint density at radius 1 is 1.52 bits per heavy atom. The molecule has 110 valence electrons. The van der Waals surface area contributed by atoms with E-state index in [-0.39, 0.29) is 23.5 Å². The van der Waals surface area contributed by atoms with Gasteiger partial charge in [-0.1, -0.05) is 0 Å². The van der Waals surface area contributed by atoms with Crippen molar-refractivity contribution in [2.24, 2.45) is 12.8 Å². The number of carbonyl (C=O) groups excluding carboxylic acids is 1. The highest BCUT2D eigenvalue weighted by molar-refractivity contribution is 5.94. The first-order valence-electron chi connectivity index (χ1n) is 5.98. The Labute approximate surface area is 119 Å². The maximum Gasteiger partial charge on any atom is 0.292 e. The average Bonchev–Trinajstić information content (AvgIpc) is 2.76. The summed E-state index contributed by atoms with van der Waals surface area (Å²) < 4.78 is 1.49. The minimum absolute atomic E-state index is 0.150. The highest BCUT2D eigenvalue weighted by Gasteiger charge is 2.16. The number of nitrogens with one attached hydrogen (secondary N) is 1. The van der Waals surface area contributed by atoms with Crippen LogP contribution in [0.3, 0.4) is 0 Å². The number of aryl methyl sites for hydroxylation is 1. The van der Waals surface area contributed by atoms with Crippen molar-refractivity contribution in [3.63, 3.8) is 0 Å². The van der Waals surface area contributed by atoms with Crippen LogP contribution in [0.5, 0.6) is 0 Å². The first-order valence-corrected chi connectivity index (χ1v) is 5.98. The van der Waals surface area contributed by atoms with Crippen LogP contribution in [0.25, 0.3) is 0 Å². The van der Waals surface area contributed by atoms with Crippen molar-refractivity contribution in [1.29, 1.82) is 0 Å². The topological polar surface area (TPSA) is 142 Å². The van der Waals surface area contributed by atoms with Crippen molar-refractivity contribution in [2.75, 3.05) is 11.1 Å². The average molecular weight is 290 g/mol. The number of nitrogen functional groups attached to an aromatic ring is 1. The number of nitro benzene ring substituents is 1. The number of anilines is 2. The molecule has 0 saturated heterocycles. The van der Waals surface area contributed by atoms with E-state index >= 15 is 0 Å². The second-order valence-electron chi connectivity index (χ2n) is 4.39. The predicted molar refractivity (Wildman–Crippen MR) is 76.6 cm³/mol. The van der Waals surface area contributed by atoms with E-state index in [2.05, 4.69) is 10.4 Å². The molecule has 0 bridgehead atoms. The van der Waals surface area contributed by atoms with Gasteiger partial charge in [0.15, 0.2) is 0 Å². The van der Waals surface area contributed by atoms with E-state index in [9.17, 15) is 14.9 Å². The zero-order chi connectivity index (χ0) is 15.6. The molecule has 1 aromatic heterocycles. The van der Waals surface area contributed by atoms with Gasteiger partial charge in [-0.15, -0.1) is 0 Å². The van der Waals surface area contributed by atoms with Gasteiger partial charge in [0.2, 0.25) is 5.91 Å². The summed E-state index contributed by atoms with van der Waals surface area (Å²) in [6, 6.07) is 3.88. The molecule has 0 atom stereocenters. The summed E-state index contributed by atoms with van der Waals surface area (Å²) in [7, 11) is 1.69. The summed E-state index contributed by atoms with van der Waals surface area (Å²) in [5.74, 6) is -0.204. The van der Waals surface area contributed by atoms with Gasteiger partial charge in [0.05, 0.1) is 11.1 Å². The molecule has 0 aliphatic carbocycles. The Bertz CT molecular complexity index is 709. The largest absolute Gasteiger partial charge is 0.384 e. The normalized spacial score (nSPS) is 10.3. The SMILES string of the molecule is Cn1ncc(CNc2cc(C(N)=O)ccc2[N+](=O)[O-])c1N. The lowest BCUT2D eigenvalue weighted by atomic mass is 10.1. The Kier molecular flexibility index (Phi) is 3.74. The lowest BCUT2D eigenvalue weighted by Crippen LogP contribution is -2.12. The van der Waals surface area contributed by atoms with Crippen molar-refractivity contribution in [1.82, 2.24) is 9.78 Å². The van der Waals surface area contributed by atoms with Crippen LogP contribution < -0.4 is 16.8 Å². The highest BCUT2D eigenvalue weighted by Crippen LogP contribution is 2.26. The number of benzene rings is 1. The van der Waals surface area contributed by atoms with Gasteiger partial charge in [-0.3, -0.25) is 19.6 Å². The maximum atomic E-state index is 11.2. The monoisotopic (exact) mass is 290 g/mol. The highest BCUT2D eigenvalue weighted by atomic mass is 16.6. The second kappa shape index (κ2) is 5.49. The molecule has 0 spiro atoms. The molecule has 0 aliphatic heterocycles. The summed E-state index contributed by atoms with van der Waals surface area (Å²) >= 11 is 0. The number of carbonyl (C=O) groups is 1. The van der Waals surface area contributed by atoms with Crippen LogP contribution in [0.4, 0.5) is 17.2 Å². The Morgan fingerprint density at radius 2 is 2.24 bits per heavy atom. The fraction of sp³-hybridized carbons (Fsp3) is 0.167. The Balaban J connectivity index is 2.28. The van der Waals surface area contributed by atoms with Crippen LogP contribution in [0.2, 0.25) is 0 Å². The fourth-order valence-electron chi connectivity index (χ4n) is 1.81. The number of primary amides is 1. The summed E-state index contributed by atoms with van der Waals surface area (Å²) in [5, 5.41) is 17.8. The first-order chi connectivity index (χ1) is 9.90. The fourth-order valence-corrected chi connectivity index (χ4v) is 1.81. The number of nitrogens with zero attached hydrogens (tertiary/aromatic N) is 3. The van der Waals surface area contributed by atoms with Crippen molar-refractivity contribution in [3.05, 3.63) is 45.6 Å². The molecule has 0 aliphatic rings. The minimum atomic E-state index is -0.658. The van der Waals surface area contributed by atoms with Gasteiger partial charge >= 0.3 is 0 Å². The third-order valence-electron chi connectivity index (χ3n) is 3.01. The summed E-state index contributed by atoms with van der Waals surface area (Å²) in [6.07, 6.45) is 1.56. The van der Waals surface area contributed by atoms with E-state index < -0.39 is 10.8 Å². The van der Waals surface area contributed by atoms with Crippen LogP contribution in [-0.4, -0.2) is 20.6 Å². The van der Waals surface area contributed by atoms with Crippen LogP contribution in [0.15, 0.2) is 24.4 Å². The van der Waals surface area contributed by atoms with E-state index in [1.165, 1.54) is 22.9 Å². The molecular weight excluding hydrogens is 276 g/mol. The van der Waals surface area contributed by atoms with Crippen molar-refractivity contribution in [2.45, 2.75) is 6.54 Å². The van der Waals surface area contributed by atoms with Crippen molar-refractivity contribution >= 4 is 23.1 Å². The second-order valence-corrected chi connectivity index (χ2v) is 4.39. The zero-order valence-corrected chi connectivity index (χ0v) is 11.2. The van der Waals surface area contributed by atoms with E-state index in [0.717, 1.165) is 0 Å². The van der Waals surface area contributed by atoms with Crippen molar-refractivity contribution < 1.29 is 9.72 Å². The Hall–Kier alpha value is -3.10. The van der Waals surface area contributed by atoms with E-state index in [1.54, 1.807) is 13.2 Å². The third-order valence-corrected chi connectivity index (χ3v) is 3.01. The third kappa shape index (κ3) is 2.91. The quantitative estimate of drug-likeness (QED) is 0.544. The minimum Gasteiger partial charge on any atom is -0.384 e. The summed E-state index contributed by atoms with van der Waals surface area (Å²) in [4.78, 5) is 21.6. The molecule has 0 unspecified atom stereocenters. The van der Waals surface area contributed by atoms with Crippen LogP contribution in [0.1, 0.15) is 15.9 Å². The number of amides is 1. The van der Waals surface area contributed by atoms with Gasteiger partial charge in [-0.2, -0.15) is 5.10 Å². The summed E-state index contributed by atoms with van der Waals surface area (Å²) in [5.41, 5.74) is 11.9. The molecule has 0 fully saturated rings. The Morgan fingerprint density at radius 3 is 2.76 bits per heavy atom. The lowest BCUT2D eigenvalue weighted by molar-refractivity contribution is -0.384. The van der Waals surface area contributed by atoms with Gasteiger partial charge in [0, 0.05) is 30.8 Å². The molecule has 1 heterocycles. The molecule has 21 heavy (non-hydrogen) atoms. The standard InChI is InChI=1S/C12H14N6O3/c1-17-11(13)8(6-16-17)5-15-9-4-7(12(14)19)2-3-10(9)18(20)21/h2-4,6,15H,5,13H2,1H3,(H2,14,19). The molecule has 0 saturated carbocycles. The number of rotatable bonds is 5. The van der Waals surface area contributed by atoms with Gasteiger partial charge < -0.3 is 16.8 Å². The molecule has 9 heteroatoms. The van der Waals surface area contributed by atoms with Crippen LogP contribution >= 0.6 is 0 Å². The molecule has 1 aromatic carbocycles. The summed E-state index contributed by atoms with van der Waals surface area (Å²) in [6.45, 7) is 0.239. The van der Waals surface area contributed by atoms with Crippen molar-refractivity contribution in [3.8, 4) is 0 Å². The smallest absolute Gasteiger partial charge is 0.292 e. The molecule has 9 nitrogen and oxygen atoms in total. The predicted octanol–water partition coefficient (Wildman–Crippen LogP) is 0.621. The van der Waals surface area contributed by atoms with Crippen LogP contribution in [-0.2, 0) is 13.6 Å². The number of hydrogen-bond acceptors (Lipinski definition) is 6. The number of hydrogen-bond donors (Lipinski definition) is 3. The maximum absolute atomic E-state index is 11.2. The number of nitro groups is 1. The lowest BCUT2D eigenvalue weighted by Gasteiger charge is -2.08. The van der Waals surface area contributed by atoms with Gasteiger partial charge in [-0.25, -0.2) is 0 Å². The number of aromatic nitrogens is 2. The first kappa shape index (κ1) is 14.3.